The highest BCUT2D eigenvalue weighted by Gasteiger charge is 2.13. The Kier molecular flexibility index (Phi) is 6.71. The lowest BCUT2D eigenvalue weighted by Gasteiger charge is -2.18. The first-order valence-electron chi connectivity index (χ1n) is 7.52. The van der Waals surface area contributed by atoms with Crippen LogP contribution in [0.3, 0.4) is 0 Å². The number of nitrogens with zero attached hydrogens (tertiary/aromatic N) is 2. The van der Waals surface area contributed by atoms with Crippen LogP contribution in [0, 0.1) is 12.8 Å². The fourth-order valence-corrected chi connectivity index (χ4v) is 1.75. The van der Waals surface area contributed by atoms with Gasteiger partial charge in [-0.3, -0.25) is 0 Å². The van der Waals surface area contributed by atoms with Gasteiger partial charge >= 0.3 is 0 Å². The van der Waals surface area contributed by atoms with Crippen LogP contribution in [0.25, 0.3) is 0 Å². The van der Waals surface area contributed by atoms with Gasteiger partial charge in [0.15, 0.2) is 0 Å². The largest absolute Gasteiger partial charge is 0.391 e. The molecule has 0 radical (unpaired) electrons. The standard InChI is InChI=1S/C15H28N4O/c1-6-8-16-14-11(5)15(19-13(7-2)18-14)17-9-12(20)10(3)4/h10,12,20H,6-9H2,1-5H3,(H2,16,17,18,19). The third-order valence-electron chi connectivity index (χ3n) is 3.30. The van der Waals surface area contributed by atoms with E-state index in [9.17, 15) is 5.11 Å². The molecule has 1 unspecified atom stereocenters. The molecule has 20 heavy (non-hydrogen) atoms. The summed E-state index contributed by atoms with van der Waals surface area (Å²) in [6.07, 6.45) is 1.48. The zero-order chi connectivity index (χ0) is 15.1. The first-order valence-corrected chi connectivity index (χ1v) is 7.52. The molecular weight excluding hydrogens is 252 g/mol. The zero-order valence-corrected chi connectivity index (χ0v) is 13.3. The maximum Gasteiger partial charge on any atom is 0.134 e. The smallest absolute Gasteiger partial charge is 0.134 e. The summed E-state index contributed by atoms with van der Waals surface area (Å²) < 4.78 is 0. The van der Waals surface area contributed by atoms with Gasteiger partial charge in [-0.15, -0.1) is 0 Å². The van der Waals surface area contributed by atoms with Crippen molar-refractivity contribution in [3.05, 3.63) is 11.4 Å². The van der Waals surface area contributed by atoms with Crippen molar-refractivity contribution in [2.45, 2.75) is 53.6 Å². The van der Waals surface area contributed by atoms with Gasteiger partial charge in [-0.05, 0) is 19.3 Å². The Hall–Kier alpha value is -1.36. The summed E-state index contributed by atoms with van der Waals surface area (Å²) in [6, 6.07) is 0. The topological polar surface area (TPSA) is 70.1 Å². The van der Waals surface area contributed by atoms with E-state index >= 15 is 0 Å². The minimum absolute atomic E-state index is 0.230. The van der Waals surface area contributed by atoms with Crippen molar-refractivity contribution in [2.24, 2.45) is 5.92 Å². The number of hydrogen-bond donors (Lipinski definition) is 3. The van der Waals surface area contributed by atoms with E-state index in [4.69, 9.17) is 0 Å². The van der Waals surface area contributed by atoms with Crippen molar-refractivity contribution in [3.63, 3.8) is 0 Å². The highest BCUT2D eigenvalue weighted by molar-refractivity contribution is 5.57. The van der Waals surface area contributed by atoms with Crippen LogP contribution in [0.4, 0.5) is 11.6 Å². The Labute approximate surface area is 122 Å². The lowest BCUT2D eigenvalue weighted by molar-refractivity contribution is 0.138. The molecule has 0 saturated carbocycles. The average molecular weight is 280 g/mol. The van der Waals surface area contributed by atoms with Crippen LogP contribution in [0.15, 0.2) is 0 Å². The summed E-state index contributed by atoms with van der Waals surface area (Å²) in [6.45, 7) is 11.6. The SMILES string of the molecule is CCCNc1nc(CC)nc(NCC(O)C(C)C)c1C. The van der Waals surface area contributed by atoms with Crippen LogP contribution in [0.5, 0.6) is 0 Å². The van der Waals surface area contributed by atoms with Gasteiger partial charge in [-0.25, -0.2) is 9.97 Å². The molecule has 0 saturated heterocycles. The summed E-state index contributed by atoms with van der Waals surface area (Å²) in [5, 5.41) is 16.5. The predicted molar refractivity (Wildman–Crippen MR) is 84.3 cm³/mol. The molecular formula is C15H28N4O. The Balaban J connectivity index is 2.87. The summed E-state index contributed by atoms with van der Waals surface area (Å²) >= 11 is 0. The minimum Gasteiger partial charge on any atom is -0.391 e. The molecule has 1 aromatic heterocycles. The van der Waals surface area contributed by atoms with Gasteiger partial charge in [-0.1, -0.05) is 27.7 Å². The third kappa shape index (κ3) is 4.63. The van der Waals surface area contributed by atoms with Crippen LogP contribution in [-0.4, -0.2) is 34.3 Å². The van der Waals surface area contributed by atoms with E-state index in [2.05, 4.69) is 27.5 Å². The second-order valence-corrected chi connectivity index (χ2v) is 5.43. The molecule has 0 aliphatic heterocycles. The van der Waals surface area contributed by atoms with Crippen molar-refractivity contribution in [2.75, 3.05) is 23.7 Å². The number of aliphatic hydroxyl groups is 1. The fourth-order valence-electron chi connectivity index (χ4n) is 1.75. The first-order chi connectivity index (χ1) is 9.49. The van der Waals surface area contributed by atoms with Gasteiger partial charge in [0.1, 0.15) is 17.5 Å². The van der Waals surface area contributed by atoms with E-state index in [0.717, 1.165) is 42.4 Å². The van der Waals surface area contributed by atoms with Gasteiger partial charge in [0, 0.05) is 25.1 Å². The van der Waals surface area contributed by atoms with Crippen molar-refractivity contribution < 1.29 is 5.11 Å². The number of anilines is 2. The lowest BCUT2D eigenvalue weighted by atomic mass is 10.1. The van der Waals surface area contributed by atoms with Crippen molar-refractivity contribution in [1.82, 2.24) is 9.97 Å². The van der Waals surface area contributed by atoms with Gasteiger partial charge in [0.05, 0.1) is 6.10 Å². The van der Waals surface area contributed by atoms with Crippen molar-refractivity contribution >= 4 is 11.6 Å². The second-order valence-electron chi connectivity index (χ2n) is 5.43. The maximum absolute atomic E-state index is 9.89. The van der Waals surface area contributed by atoms with E-state index in [1.807, 2.05) is 27.7 Å². The van der Waals surface area contributed by atoms with Crippen LogP contribution in [0.2, 0.25) is 0 Å². The van der Waals surface area contributed by atoms with E-state index in [-0.39, 0.29) is 12.0 Å². The predicted octanol–water partition coefficient (Wildman–Crippen LogP) is 2.60. The number of aromatic nitrogens is 2. The fraction of sp³-hybridized carbons (Fsp3) is 0.733. The molecule has 5 nitrogen and oxygen atoms in total. The molecule has 114 valence electrons. The van der Waals surface area contributed by atoms with E-state index in [1.165, 1.54) is 0 Å². The number of nitrogens with one attached hydrogen (secondary N) is 2. The molecule has 5 heteroatoms. The molecule has 0 fully saturated rings. The molecule has 0 aliphatic rings. The summed E-state index contributed by atoms with van der Waals surface area (Å²) in [5.41, 5.74) is 1.01. The summed E-state index contributed by atoms with van der Waals surface area (Å²) in [5.74, 6) is 2.75. The van der Waals surface area contributed by atoms with Crippen LogP contribution in [-0.2, 0) is 6.42 Å². The number of rotatable bonds is 8. The molecule has 0 amide bonds. The lowest BCUT2D eigenvalue weighted by Crippen LogP contribution is -2.25. The molecule has 1 atom stereocenters. The molecule has 0 spiro atoms. The van der Waals surface area contributed by atoms with E-state index in [0.29, 0.717) is 6.54 Å². The molecule has 0 aromatic carbocycles. The van der Waals surface area contributed by atoms with E-state index in [1.54, 1.807) is 0 Å². The minimum atomic E-state index is -0.374. The number of aryl methyl sites for hydroxylation is 1. The summed E-state index contributed by atoms with van der Waals surface area (Å²) in [4.78, 5) is 9.04. The van der Waals surface area contributed by atoms with Crippen molar-refractivity contribution in [1.29, 1.82) is 0 Å². The van der Waals surface area contributed by atoms with Crippen LogP contribution >= 0.6 is 0 Å². The Morgan fingerprint density at radius 2 is 1.70 bits per heavy atom. The molecule has 0 aliphatic carbocycles. The normalized spacial score (nSPS) is 12.6. The molecule has 1 aromatic rings. The van der Waals surface area contributed by atoms with Gasteiger partial charge in [-0.2, -0.15) is 0 Å². The van der Waals surface area contributed by atoms with Gasteiger partial charge < -0.3 is 15.7 Å². The highest BCUT2D eigenvalue weighted by atomic mass is 16.3. The molecule has 1 heterocycles. The number of aliphatic hydroxyl groups excluding tert-OH is 1. The highest BCUT2D eigenvalue weighted by Crippen LogP contribution is 2.20. The van der Waals surface area contributed by atoms with Gasteiger partial charge in [0.25, 0.3) is 0 Å². The Bertz CT molecular complexity index is 421. The number of hydrogen-bond acceptors (Lipinski definition) is 5. The molecule has 1 rings (SSSR count). The van der Waals surface area contributed by atoms with Gasteiger partial charge in [0.2, 0.25) is 0 Å². The van der Waals surface area contributed by atoms with E-state index < -0.39 is 0 Å². The van der Waals surface area contributed by atoms with Crippen LogP contribution < -0.4 is 10.6 Å². The summed E-state index contributed by atoms with van der Waals surface area (Å²) in [7, 11) is 0. The monoisotopic (exact) mass is 280 g/mol. The molecule has 3 N–H and O–H groups in total. The second kappa shape index (κ2) is 8.04. The Morgan fingerprint density at radius 1 is 1.10 bits per heavy atom. The van der Waals surface area contributed by atoms with Crippen LogP contribution in [0.1, 0.15) is 45.5 Å². The van der Waals surface area contributed by atoms with Crippen molar-refractivity contribution in [3.8, 4) is 0 Å². The third-order valence-corrected chi connectivity index (χ3v) is 3.30. The quantitative estimate of drug-likeness (QED) is 0.683. The average Bonchev–Trinajstić information content (AvgIpc) is 2.44. The Morgan fingerprint density at radius 3 is 2.20 bits per heavy atom. The first kappa shape index (κ1) is 16.7. The zero-order valence-electron chi connectivity index (χ0n) is 13.3. The maximum atomic E-state index is 9.89. The molecule has 0 bridgehead atoms.